The minimum absolute atomic E-state index is 0.108. The van der Waals surface area contributed by atoms with Gasteiger partial charge in [0.2, 0.25) is 0 Å². The van der Waals surface area contributed by atoms with Crippen LogP contribution < -0.4 is 4.18 Å². The maximum Gasteiger partial charge on any atom is 0.357 e. The molecule has 1 aromatic carbocycles. The highest BCUT2D eigenvalue weighted by Gasteiger charge is 2.12. The van der Waals surface area contributed by atoms with Gasteiger partial charge in [0.15, 0.2) is 0 Å². The molecule has 84 valence electrons. The topological polar surface area (TPSA) is 101 Å². The molecule has 0 saturated heterocycles. The van der Waals surface area contributed by atoms with Crippen molar-refractivity contribution in [3.8, 4) is 5.75 Å². The van der Waals surface area contributed by atoms with Gasteiger partial charge in [-0.1, -0.05) is 0 Å². The van der Waals surface area contributed by atoms with Crippen LogP contribution in [0.1, 0.15) is 5.56 Å². The van der Waals surface area contributed by atoms with Crippen molar-refractivity contribution in [2.24, 2.45) is 0 Å². The van der Waals surface area contributed by atoms with Crippen molar-refractivity contribution in [3.63, 3.8) is 0 Å². The molecule has 0 fully saturated rings. The van der Waals surface area contributed by atoms with E-state index in [1.54, 1.807) is 6.92 Å². The molecule has 6 nitrogen and oxygen atoms in total. The Morgan fingerprint density at radius 1 is 1.33 bits per heavy atom. The van der Waals surface area contributed by atoms with Crippen LogP contribution >= 0.6 is 0 Å². The van der Waals surface area contributed by atoms with Gasteiger partial charge in [-0.25, -0.2) is 0 Å². The minimum Gasteiger partial charge on any atom is -0.380 e. The Hall–Kier alpha value is -0.960. The van der Waals surface area contributed by atoms with Crippen LogP contribution in [0.2, 0.25) is 0 Å². The second kappa shape index (κ2) is 4.27. The molecule has 0 saturated carbocycles. The Balaban J connectivity index is 3.23. The molecule has 0 bridgehead atoms. The van der Waals surface area contributed by atoms with E-state index in [0.29, 0.717) is 5.56 Å². The zero-order valence-electron chi connectivity index (χ0n) is 7.58. The van der Waals surface area contributed by atoms with Gasteiger partial charge in [0.25, 0.3) is 10.1 Å². The summed E-state index contributed by atoms with van der Waals surface area (Å²) in [5.41, 5.74) is 0.477. The van der Waals surface area contributed by atoms with Crippen molar-refractivity contribution in [2.75, 3.05) is 0 Å². The summed E-state index contributed by atoms with van der Waals surface area (Å²) in [7, 11) is -4.34. The van der Waals surface area contributed by atoms with Crippen LogP contribution in [0.15, 0.2) is 23.1 Å². The van der Waals surface area contributed by atoms with Crippen LogP contribution in [0, 0.1) is 6.92 Å². The summed E-state index contributed by atoms with van der Waals surface area (Å²) < 4.78 is 53.4. The summed E-state index contributed by atoms with van der Waals surface area (Å²) >= 11 is -2.54. The van der Waals surface area contributed by atoms with Crippen LogP contribution in [-0.2, 0) is 21.5 Å². The Morgan fingerprint density at radius 2 is 1.93 bits per heavy atom. The Labute approximate surface area is 89.1 Å². The van der Waals surface area contributed by atoms with Gasteiger partial charge in [0.05, 0.1) is 4.90 Å². The lowest BCUT2D eigenvalue weighted by Gasteiger charge is -2.04. The van der Waals surface area contributed by atoms with E-state index >= 15 is 0 Å². The molecule has 1 aromatic rings. The maximum absolute atomic E-state index is 10.8. The first-order chi connectivity index (χ1) is 6.79. The summed E-state index contributed by atoms with van der Waals surface area (Å²) in [4.78, 5) is -0.386. The lowest BCUT2D eigenvalue weighted by Crippen LogP contribution is -2.02. The first-order valence-electron chi connectivity index (χ1n) is 3.67. The lowest BCUT2D eigenvalue weighted by atomic mass is 10.2. The maximum atomic E-state index is 10.8. The molecular weight excluding hydrogens is 244 g/mol. The fraction of sp³-hybridized carbons (Fsp3) is 0.143. The summed E-state index contributed by atoms with van der Waals surface area (Å²) in [6.07, 6.45) is 0. The number of hydrogen-bond acceptors (Lipinski definition) is 4. The van der Waals surface area contributed by atoms with Crippen LogP contribution in [0.3, 0.4) is 0 Å². The highest BCUT2D eigenvalue weighted by Crippen LogP contribution is 2.20. The smallest absolute Gasteiger partial charge is 0.357 e. The van der Waals surface area contributed by atoms with Crippen molar-refractivity contribution in [1.82, 2.24) is 0 Å². The van der Waals surface area contributed by atoms with Crippen molar-refractivity contribution >= 4 is 21.5 Å². The average molecular weight is 252 g/mol. The molecule has 1 unspecified atom stereocenters. The lowest BCUT2D eigenvalue weighted by molar-refractivity contribution is 0.455. The van der Waals surface area contributed by atoms with E-state index in [1.165, 1.54) is 12.1 Å². The average Bonchev–Trinajstić information content (AvgIpc) is 1.99. The van der Waals surface area contributed by atoms with Gasteiger partial charge in [-0.2, -0.15) is 12.6 Å². The number of rotatable bonds is 3. The van der Waals surface area contributed by atoms with Crippen molar-refractivity contribution in [1.29, 1.82) is 0 Å². The largest absolute Gasteiger partial charge is 0.380 e. The number of benzene rings is 1. The summed E-state index contributed by atoms with van der Waals surface area (Å²) in [5.74, 6) is -0.108. The van der Waals surface area contributed by atoms with Crippen molar-refractivity contribution in [3.05, 3.63) is 23.8 Å². The molecule has 0 aromatic heterocycles. The van der Waals surface area contributed by atoms with Gasteiger partial charge in [-0.3, -0.25) is 9.11 Å². The second-order valence-electron chi connectivity index (χ2n) is 2.76. The Kier molecular flexibility index (Phi) is 3.45. The standard InChI is InChI=1S/C7H8O6S2/c1-5-2-6(13-14(8)9)4-7(3-5)15(10,11)12/h2-4H,1H3,(H,8,9)(H,10,11,12). The Morgan fingerprint density at radius 3 is 2.40 bits per heavy atom. The summed E-state index contributed by atoms with van der Waals surface area (Å²) in [5, 5.41) is 0. The quantitative estimate of drug-likeness (QED) is 0.608. The van der Waals surface area contributed by atoms with Crippen LogP contribution in [-0.4, -0.2) is 21.7 Å². The summed E-state index contributed by atoms with van der Waals surface area (Å²) in [6.45, 7) is 1.56. The number of aryl methyl sites for hydroxylation is 1. The van der Waals surface area contributed by atoms with Gasteiger partial charge < -0.3 is 4.18 Å². The molecule has 0 aliphatic carbocycles. The first kappa shape index (κ1) is 12.1. The zero-order chi connectivity index (χ0) is 11.6. The third-order valence-electron chi connectivity index (χ3n) is 1.49. The molecule has 0 amide bonds. The predicted octanol–water partition coefficient (Wildman–Crippen LogP) is 0.757. The molecule has 2 N–H and O–H groups in total. The molecule has 1 rings (SSSR count). The van der Waals surface area contributed by atoms with Gasteiger partial charge in [-0.05, 0) is 24.6 Å². The molecule has 0 aliphatic heterocycles. The SMILES string of the molecule is Cc1cc(OS(=O)O)cc(S(=O)(=O)O)c1. The fourth-order valence-electron chi connectivity index (χ4n) is 0.993. The van der Waals surface area contributed by atoms with Gasteiger partial charge in [0.1, 0.15) is 5.75 Å². The zero-order valence-corrected chi connectivity index (χ0v) is 9.21. The molecule has 8 heteroatoms. The Bertz CT molecular complexity index is 492. The van der Waals surface area contributed by atoms with E-state index in [1.807, 2.05) is 0 Å². The van der Waals surface area contributed by atoms with E-state index in [2.05, 4.69) is 4.18 Å². The molecule has 0 spiro atoms. The molecule has 0 heterocycles. The van der Waals surface area contributed by atoms with Crippen LogP contribution in [0.5, 0.6) is 5.75 Å². The third kappa shape index (κ3) is 3.59. The van der Waals surface area contributed by atoms with Crippen molar-refractivity contribution < 1.29 is 25.9 Å². The minimum atomic E-state index is -4.34. The monoisotopic (exact) mass is 252 g/mol. The van der Waals surface area contributed by atoms with Crippen molar-refractivity contribution in [2.45, 2.75) is 11.8 Å². The van der Waals surface area contributed by atoms with E-state index < -0.39 is 21.5 Å². The highest BCUT2D eigenvalue weighted by molar-refractivity contribution is 7.85. The van der Waals surface area contributed by atoms with E-state index in [0.717, 1.165) is 6.07 Å². The van der Waals surface area contributed by atoms with E-state index in [9.17, 15) is 12.6 Å². The normalized spacial score (nSPS) is 13.5. The van der Waals surface area contributed by atoms with Gasteiger partial charge in [-0.15, -0.1) is 0 Å². The highest BCUT2D eigenvalue weighted by atomic mass is 32.2. The predicted molar refractivity (Wildman–Crippen MR) is 52.4 cm³/mol. The molecule has 1 atom stereocenters. The van der Waals surface area contributed by atoms with Gasteiger partial charge in [0, 0.05) is 6.07 Å². The third-order valence-corrected chi connectivity index (χ3v) is 2.66. The molecular formula is C7H8O6S2. The van der Waals surface area contributed by atoms with Crippen LogP contribution in [0.25, 0.3) is 0 Å². The molecule has 0 aliphatic rings. The fourth-order valence-corrected chi connectivity index (χ4v) is 1.85. The summed E-state index contributed by atoms with van der Waals surface area (Å²) in [6, 6.07) is 3.53. The molecule has 0 radical (unpaired) electrons. The van der Waals surface area contributed by atoms with Gasteiger partial charge >= 0.3 is 11.4 Å². The first-order valence-corrected chi connectivity index (χ1v) is 6.14. The molecule has 15 heavy (non-hydrogen) atoms. The van der Waals surface area contributed by atoms with E-state index in [-0.39, 0.29) is 10.6 Å². The van der Waals surface area contributed by atoms with E-state index in [4.69, 9.17) is 9.11 Å². The second-order valence-corrected chi connectivity index (χ2v) is 4.78. The van der Waals surface area contributed by atoms with Crippen LogP contribution in [0.4, 0.5) is 0 Å². The number of hydrogen-bond donors (Lipinski definition) is 2.